The number of benzene rings is 1. The lowest BCUT2D eigenvalue weighted by Crippen LogP contribution is -2.49. The van der Waals surface area contributed by atoms with Gasteiger partial charge in [-0.15, -0.1) is 0 Å². The molecular weight excluding hydrogens is 236 g/mol. The summed E-state index contributed by atoms with van der Waals surface area (Å²) in [5.74, 6) is 0.608. The van der Waals surface area contributed by atoms with E-state index in [0.29, 0.717) is 18.0 Å². The first-order chi connectivity index (χ1) is 9.24. The largest absolute Gasteiger partial charge is 0.369 e. The van der Waals surface area contributed by atoms with E-state index < -0.39 is 0 Å². The smallest absolute Gasteiger partial charge is 0.222 e. The highest BCUT2D eigenvalue weighted by atomic mass is 16.1. The number of hydrogen-bond acceptors (Lipinski definition) is 2. The van der Waals surface area contributed by atoms with Crippen molar-refractivity contribution in [2.75, 3.05) is 0 Å². The van der Waals surface area contributed by atoms with E-state index in [1.807, 2.05) is 0 Å². The van der Waals surface area contributed by atoms with Crippen molar-refractivity contribution in [2.45, 2.75) is 50.1 Å². The topological polar surface area (TPSA) is 55.1 Å². The molecule has 2 aliphatic carbocycles. The van der Waals surface area contributed by atoms with Crippen molar-refractivity contribution >= 4 is 5.91 Å². The van der Waals surface area contributed by atoms with Crippen LogP contribution in [0.1, 0.15) is 43.6 Å². The van der Waals surface area contributed by atoms with Crippen LogP contribution in [0.5, 0.6) is 0 Å². The standard InChI is InChI=1S/C16H22N2O/c17-16(19)14-7-4-8-15(14)18-13-9-12(10-13)11-5-2-1-3-6-11/h1-3,5-6,12-15,18H,4,7-10H2,(H2,17,19)/t12?,13?,14-,15+/m0/s1. The molecule has 1 aromatic carbocycles. The first-order valence-electron chi connectivity index (χ1n) is 7.34. The molecule has 0 bridgehead atoms. The second-order valence-electron chi connectivity index (χ2n) is 5.99. The molecule has 2 saturated carbocycles. The average Bonchev–Trinajstić information content (AvgIpc) is 2.82. The highest BCUT2D eigenvalue weighted by Crippen LogP contribution is 2.38. The van der Waals surface area contributed by atoms with E-state index in [9.17, 15) is 4.79 Å². The molecule has 2 aliphatic rings. The van der Waals surface area contributed by atoms with Crippen LogP contribution >= 0.6 is 0 Å². The van der Waals surface area contributed by atoms with Crippen LogP contribution in [-0.2, 0) is 4.79 Å². The third-order valence-corrected chi connectivity index (χ3v) is 4.74. The maximum atomic E-state index is 11.4. The van der Waals surface area contributed by atoms with Gasteiger partial charge in [0.05, 0.1) is 5.92 Å². The predicted octanol–water partition coefficient (Wildman–Crippen LogP) is 2.18. The molecule has 0 unspecified atom stereocenters. The van der Waals surface area contributed by atoms with Crippen LogP contribution in [-0.4, -0.2) is 18.0 Å². The fourth-order valence-electron chi connectivity index (χ4n) is 3.55. The van der Waals surface area contributed by atoms with Crippen molar-refractivity contribution in [1.82, 2.24) is 5.32 Å². The van der Waals surface area contributed by atoms with Gasteiger partial charge in [0.15, 0.2) is 0 Å². The SMILES string of the molecule is NC(=O)[C@H]1CCC[C@H]1NC1CC(c2ccccc2)C1. The number of carbonyl (C=O) groups excluding carboxylic acids is 1. The molecule has 0 spiro atoms. The number of primary amides is 1. The van der Waals surface area contributed by atoms with E-state index in [1.165, 1.54) is 18.4 Å². The average molecular weight is 258 g/mol. The zero-order chi connectivity index (χ0) is 13.2. The van der Waals surface area contributed by atoms with Gasteiger partial charge in [0.2, 0.25) is 5.91 Å². The Morgan fingerprint density at radius 2 is 1.89 bits per heavy atom. The molecule has 19 heavy (non-hydrogen) atoms. The number of rotatable bonds is 4. The Hall–Kier alpha value is -1.35. The Morgan fingerprint density at radius 1 is 1.16 bits per heavy atom. The highest BCUT2D eigenvalue weighted by Gasteiger charge is 2.37. The van der Waals surface area contributed by atoms with Gasteiger partial charge in [-0.05, 0) is 37.2 Å². The fraction of sp³-hybridized carbons (Fsp3) is 0.562. The van der Waals surface area contributed by atoms with Crippen molar-refractivity contribution in [3.63, 3.8) is 0 Å². The van der Waals surface area contributed by atoms with E-state index in [2.05, 4.69) is 35.6 Å². The molecule has 2 atom stereocenters. The fourth-order valence-corrected chi connectivity index (χ4v) is 3.55. The molecule has 0 aliphatic heterocycles. The van der Waals surface area contributed by atoms with Gasteiger partial charge < -0.3 is 11.1 Å². The van der Waals surface area contributed by atoms with E-state index in [1.54, 1.807) is 0 Å². The maximum absolute atomic E-state index is 11.4. The zero-order valence-electron chi connectivity index (χ0n) is 11.2. The third kappa shape index (κ3) is 2.66. The Balaban J connectivity index is 1.50. The summed E-state index contributed by atoms with van der Waals surface area (Å²) in [6, 6.07) is 11.6. The minimum absolute atomic E-state index is 0.0516. The second kappa shape index (κ2) is 5.33. The number of amides is 1. The lowest BCUT2D eigenvalue weighted by Gasteiger charge is -2.39. The Morgan fingerprint density at radius 3 is 2.58 bits per heavy atom. The van der Waals surface area contributed by atoms with Crippen molar-refractivity contribution in [1.29, 1.82) is 0 Å². The summed E-state index contributed by atoms with van der Waals surface area (Å²) in [7, 11) is 0. The molecule has 3 heteroatoms. The molecule has 1 amide bonds. The van der Waals surface area contributed by atoms with Crippen molar-refractivity contribution in [2.24, 2.45) is 11.7 Å². The summed E-state index contributed by atoms with van der Waals surface area (Å²) in [4.78, 5) is 11.4. The van der Waals surface area contributed by atoms with Gasteiger partial charge in [0.25, 0.3) is 0 Å². The van der Waals surface area contributed by atoms with Crippen LogP contribution in [0.15, 0.2) is 30.3 Å². The molecule has 3 nitrogen and oxygen atoms in total. The normalized spacial score (nSPS) is 33.9. The number of hydrogen-bond donors (Lipinski definition) is 2. The summed E-state index contributed by atoms with van der Waals surface area (Å²) in [5, 5.41) is 3.65. The summed E-state index contributed by atoms with van der Waals surface area (Å²) >= 11 is 0. The van der Waals surface area contributed by atoms with Crippen LogP contribution in [0.25, 0.3) is 0 Å². The molecule has 0 heterocycles. The Labute approximate surface area is 114 Å². The lowest BCUT2D eigenvalue weighted by atomic mass is 9.75. The molecular formula is C16H22N2O. The van der Waals surface area contributed by atoms with Crippen molar-refractivity contribution in [3.05, 3.63) is 35.9 Å². The first kappa shape index (κ1) is 12.7. The summed E-state index contributed by atoms with van der Waals surface area (Å²) in [6.45, 7) is 0. The van der Waals surface area contributed by atoms with Gasteiger partial charge >= 0.3 is 0 Å². The minimum Gasteiger partial charge on any atom is -0.369 e. The van der Waals surface area contributed by atoms with Crippen molar-refractivity contribution in [3.8, 4) is 0 Å². The number of carbonyl (C=O) groups is 1. The molecule has 1 aromatic rings. The Kier molecular flexibility index (Phi) is 3.56. The molecule has 0 radical (unpaired) electrons. The van der Waals surface area contributed by atoms with E-state index >= 15 is 0 Å². The van der Waals surface area contributed by atoms with E-state index in [0.717, 1.165) is 19.3 Å². The van der Waals surface area contributed by atoms with Crippen LogP contribution in [0.3, 0.4) is 0 Å². The number of nitrogens with two attached hydrogens (primary N) is 1. The molecule has 2 fully saturated rings. The van der Waals surface area contributed by atoms with Gasteiger partial charge in [0.1, 0.15) is 0 Å². The maximum Gasteiger partial charge on any atom is 0.222 e. The summed E-state index contributed by atoms with van der Waals surface area (Å²) in [6.07, 6.45) is 5.56. The zero-order valence-corrected chi connectivity index (χ0v) is 11.2. The Bertz CT molecular complexity index is 439. The van der Waals surface area contributed by atoms with Crippen LogP contribution in [0.2, 0.25) is 0 Å². The third-order valence-electron chi connectivity index (χ3n) is 4.74. The summed E-state index contributed by atoms with van der Waals surface area (Å²) in [5.41, 5.74) is 6.91. The van der Waals surface area contributed by atoms with Gasteiger partial charge in [-0.3, -0.25) is 4.79 Å². The van der Waals surface area contributed by atoms with Gasteiger partial charge in [-0.25, -0.2) is 0 Å². The van der Waals surface area contributed by atoms with Gasteiger partial charge in [0, 0.05) is 12.1 Å². The molecule has 0 saturated heterocycles. The molecule has 3 N–H and O–H groups in total. The van der Waals surface area contributed by atoms with Gasteiger partial charge in [-0.2, -0.15) is 0 Å². The van der Waals surface area contributed by atoms with Gasteiger partial charge in [-0.1, -0.05) is 36.8 Å². The van der Waals surface area contributed by atoms with Crippen LogP contribution < -0.4 is 11.1 Å². The quantitative estimate of drug-likeness (QED) is 0.869. The van der Waals surface area contributed by atoms with E-state index in [4.69, 9.17) is 5.73 Å². The van der Waals surface area contributed by atoms with Crippen LogP contribution in [0, 0.1) is 5.92 Å². The first-order valence-corrected chi connectivity index (χ1v) is 7.34. The monoisotopic (exact) mass is 258 g/mol. The molecule has 0 aromatic heterocycles. The van der Waals surface area contributed by atoms with Crippen molar-refractivity contribution < 1.29 is 4.79 Å². The second-order valence-corrected chi connectivity index (χ2v) is 5.99. The highest BCUT2D eigenvalue weighted by molar-refractivity contribution is 5.77. The van der Waals surface area contributed by atoms with E-state index in [-0.39, 0.29) is 11.8 Å². The van der Waals surface area contributed by atoms with Crippen LogP contribution in [0.4, 0.5) is 0 Å². The minimum atomic E-state index is -0.131. The summed E-state index contributed by atoms with van der Waals surface area (Å²) < 4.78 is 0. The predicted molar refractivity (Wildman–Crippen MR) is 75.7 cm³/mol. The molecule has 3 rings (SSSR count). The molecule has 102 valence electrons. The number of nitrogens with one attached hydrogen (secondary N) is 1. The lowest BCUT2D eigenvalue weighted by molar-refractivity contribution is -0.122.